The van der Waals surface area contributed by atoms with E-state index >= 15 is 0 Å². The molecule has 0 amide bonds. The number of aryl methyl sites for hydroxylation is 1. The van der Waals surface area contributed by atoms with E-state index in [1.165, 1.54) is 5.56 Å². The summed E-state index contributed by atoms with van der Waals surface area (Å²) in [5, 5.41) is 0. The standard InChI is InChI=1S/C30H28O4/c1-18-3-4-20(13-25(18)23-15-22-8-12-34-29(22)26(17-23)19(2)31)14-28(32)30(9-10-30)24-5-6-27-21(16-24)7-11-33-27/h3-6,13,15-17H,7-12,14H2,1-2H3. The van der Waals surface area contributed by atoms with Gasteiger partial charge in [-0.3, -0.25) is 9.59 Å². The topological polar surface area (TPSA) is 52.6 Å². The van der Waals surface area contributed by atoms with Crippen LogP contribution in [-0.4, -0.2) is 24.8 Å². The lowest BCUT2D eigenvalue weighted by atomic mass is 9.86. The molecule has 6 rings (SSSR count). The van der Waals surface area contributed by atoms with Crippen molar-refractivity contribution in [2.75, 3.05) is 13.2 Å². The van der Waals surface area contributed by atoms with Crippen molar-refractivity contribution in [3.63, 3.8) is 0 Å². The number of carbonyl (C=O) groups excluding carboxylic acids is 2. The van der Waals surface area contributed by atoms with Crippen molar-refractivity contribution in [3.05, 3.63) is 81.9 Å². The Balaban J connectivity index is 1.31. The van der Waals surface area contributed by atoms with E-state index in [4.69, 9.17) is 9.47 Å². The minimum absolute atomic E-state index is 0.0133. The van der Waals surface area contributed by atoms with E-state index in [0.29, 0.717) is 18.6 Å². The van der Waals surface area contributed by atoms with Crippen LogP contribution in [0.5, 0.6) is 11.5 Å². The number of carbonyl (C=O) groups is 2. The van der Waals surface area contributed by atoms with Crippen molar-refractivity contribution in [1.82, 2.24) is 0 Å². The van der Waals surface area contributed by atoms with Gasteiger partial charge >= 0.3 is 0 Å². The lowest BCUT2D eigenvalue weighted by Crippen LogP contribution is -2.22. The average molecular weight is 453 g/mol. The van der Waals surface area contributed by atoms with Crippen LogP contribution in [-0.2, 0) is 29.5 Å². The molecule has 2 aliphatic heterocycles. The number of Topliss-reactive ketones (excluding diaryl/α,β-unsaturated/α-hetero) is 2. The molecule has 4 heteroatoms. The molecule has 0 bridgehead atoms. The van der Waals surface area contributed by atoms with E-state index in [0.717, 1.165) is 77.2 Å². The lowest BCUT2D eigenvalue weighted by molar-refractivity contribution is -0.120. The summed E-state index contributed by atoms with van der Waals surface area (Å²) < 4.78 is 11.4. The van der Waals surface area contributed by atoms with Crippen LogP contribution in [0.2, 0.25) is 0 Å². The summed E-state index contributed by atoms with van der Waals surface area (Å²) in [5.41, 5.74) is 7.96. The van der Waals surface area contributed by atoms with E-state index in [1.54, 1.807) is 6.92 Å². The molecule has 172 valence electrons. The highest BCUT2D eigenvalue weighted by Gasteiger charge is 2.50. The second-order valence-corrected chi connectivity index (χ2v) is 9.92. The van der Waals surface area contributed by atoms with Crippen LogP contribution >= 0.6 is 0 Å². The van der Waals surface area contributed by atoms with Gasteiger partial charge in [0, 0.05) is 19.3 Å². The van der Waals surface area contributed by atoms with Crippen LogP contribution in [0.4, 0.5) is 0 Å². The third-order valence-corrected chi connectivity index (χ3v) is 7.67. The van der Waals surface area contributed by atoms with Crippen LogP contribution in [0.15, 0.2) is 48.5 Å². The number of ether oxygens (including phenoxy) is 2. The zero-order valence-electron chi connectivity index (χ0n) is 19.7. The molecule has 0 N–H and O–H groups in total. The van der Waals surface area contributed by atoms with Gasteiger partial charge < -0.3 is 9.47 Å². The highest BCUT2D eigenvalue weighted by Crippen LogP contribution is 2.50. The van der Waals surface area contributed by atoms with Gasteiger partial charge in [-0.2, -0.15) is 0 Å². The first-order chi connectivity index (χ1) is 16.4. The zero-order valence-corrected chi connectivity index (χ0v) is 19.7. The maximum absolute atomic E-state index is 13.5. The molecule has 3 aliphatic rings. The summed E-state index contributed by atoms with van der Waals surface area (Å²) in [7, 11) is 0. The molecule has 1 aliphatic carbocycles. The molecule has 0 atom stereocenters. The van der Waals surface area contributed by atoms with Gasteiger partial charge in [-0.25, -0.2) is 0 Å². The Hall–Kier alpha value is -3.40. The molecular formula is C30H28O4. The van der Waals surface area contributed by atoms with Crippen molar-refractivity contribution in [1.29, 1.82) is 0 Å². The van der Waals surface area contributed by atoms with Gasteiger partial charge in [0.25, 0.3) is 0 Å². The van der Waals surface area contributed by atoms with Crippen LogP contribution in [0, 0.1) is 6.92 Å². The number of hydrogen-bond donors (Lipinski definition) is 0. The van der Waals surface area contributed by atoms with Crippen LogP contribution in [0.1, 0.15) is 57.9 Å². The first-order valence-corrected chi connectivity index (χ1v) is 12.1. The molecule has 1 fully saturated rings. The largest absolute Gasteiger partial charge is 0.493 e. The first-order valence-electron chi connectivity index (χ1n) is 12.1. The summed E-state index contributed by atoms with van der Waals surface area (Å²) in [6, 6.07) is 16.6. The van der Waals surface area contributed by atoms with Crippen molar-refractivity contribution in [3.8, 4) is 22.6 Å². The molecule has 34 heavy (non-hydrogen) atoms. The number of fused-ring (bicyclic) bond motifs is 2. The van der Waals surface area contributed by atoms with Crippen molar-refractivity contribution < 1.29 is 19.1 Å². The maximum Gasteiger partial charge on any atom is 0.163 e. The highest BCUT2D eigenvalue weighted by molar-refractivity contribution is 5.99. The molecule has 0 radical (unpaired) electrons. The van der Waals surface area contributed by atoms with Gasteiger partial charge in [-0.05, 0) is 83.8 Å². The number of ketones is 2. The third kappa shape index (κ3) is 3.44. The predicted octanol–water partition coefficient (Wildman–Crippen LogP) is 5.58. The second-order valence-electron chi connectivity index (χ2n) is 9.92. The van der Waals surface area contributed by atoms with Gasteiger partial charge in [-0.15, -0.1) is 0 Å². The number of benzene rings is 3. The van der Waals surface area contributed by atoms with Gasteiger partial charge in [0.05, 0.1) is 24.2 Å². The monoisotopic (exact) mass is 452 g/mol. The zero-order chi connectivity index (χ0) is 23.4. The molecule has 0 saturated heterocycles. The fraction of sp³-hybridized carbons (Fsp3) is 0.333. The Labute approximate surface area is 199 Å². The van der Waals surface area contributed by atoms with E-state index in [9.17, 15) is 9.59 Å². The van der Waals surface area contributed by atoms with Crippen molar-refractivity contribution in [2.24, 2.45) is 0 Å². The first kappa shape index (κ1) is 21.2. The quantitative estimate of drug-likeness (QED) is 0.458. The van der Waals surface area contributed by atoms with E-state index in [-0.39, 0.29) is 17.0 Å². The predicted molar refractivity (Wildman–Crippen MR) is 131 cm³/mol. The molecule has 0 aromatic heterocycles. The minimum atomic E-state index is -0.352. The fourth-order valence-electron chi connectivity index (χ4n) is 5.51. The Morgan fingerprint density at radius 1 is 0.912 bits per heavy atom. The van der Waals surface area contributed by atoms with Crippen molar-refractivity contribution >= 4 is 11.6 Å². The second kappa shape index (κ2) is 7.83. The summed E-state index contributed by atoms with van der Waals surface area (Å²) in [6.45, 7) is 5.01. The molecular weight excluding hydrogens is 424 g/mol. The number of hydrogen-bond acceptors (Lipinski definition) is 4. The average Bonchev–Trinajstić information content (AvgIpc) is 3.27. The Morgan fingerprint density at radius 2 is 1.71 bits per heavy atom. The fourth-order valence-corrected chi connectivity index (χ4v) is 5.51. The van der Waals surface area contributed by atoms with E-state index in [2.05, 4.69) is 43.3 Å². The summed E-state index contributed by atoms with van der Waals surface area (Å²) >= 11 is 0. The third-order valence-electron chi connectivity index (χ3n) is 7.67. The lowest BCUT2D eigenvalue weighted by Gasteiger charge is -2.17. The molecule has 0 spiro atoms. The van der Waals surface area contributed by atoms with Gasteiger partial charge in [0.2, 0.25) is 0 Å². The van der Waals surface area contributed by atoms with Crippen LogP contribution in [0.3, 0.4) is 0 Å². The van der Waals surface area contributed by atoms with Crippen molar-refractivity contribution in [2.45, 2.75) is 51.4 Å². The van der Waals surface area contributed by atoms with Crippen LogP contribution < -0.4 is 9.47 Å². The maximum atomic E-state index is 13.5. The molecule has 1 saturated carbocycles. The Kier molecular flexibility index (Phi) is 4.87. The normalized spacial score (nSPS) is 16.9. The van der Waals surface area contributed by atoms with Gasteiger partial charge in [0.1, 0.15) is 17.3 Å². The number of rotatable bonds is 6. The van der Waals surface area contributed by atoms with Gasteiger partial charge in [-0.1, -0.05) is 30.3 Å². The minimum Gasteiger partial charge on any atom is -0.493 e. The summed E-state index contributed by atoms with van der Waals surface area (Å²) in [5.74, 6) is 1.99. The van der Waals surface area contributed by atoms with E-state index in [1.807, 2.05) is 12.1 Å². The summed E-state index contributed by atoms with van der Waals surface area (Å²) in [6.07, 6.45) is 3.97. The van der Waals surface area contributed by atoms with Gasteiger partial charge in [0.15, 0.2) is 5.78 Å². The summed E-state index contributed by atoms with van der Waals surface area (Å²) in [4.78, 5) is 25.8. The smallest absolute Gasteiger partial charge is 0.163 e. The molecule has 2 heterocycles. The SMILES string of the molecule is CC(=O)c1cc(-c2cc(CC(=O)C3(c4ccc5c(c4)CCO5)CC3)ccc2C)cc2c1OCC2. The van der Waals surface area contributed by atoms with E-state index < -0.39 is 0 Å². The molecule has 0 unspecified atom stereocenters. The molecule has 3 aromatic rings. The molecule has 3 aromatic carbocycles. The van der Waals surface area contributed by atoms with Crippen LogP contribution in [0.25, 0.3) is 11.1 Å². The Bertz CT molecular complexity index is 1350. The Morgan fingerprint density at radius 3 is 2.50 bits per heavy atom. The highest BCUT2D eigenvalue weighted by atomic mass is 16.5. The molecule has 4 nitrogen and oxygen atoms in total.